The molecule has 0 unspecified atom stereocenters. The number of likely N-dealkylation sites (tertiary alicyclic amines) is 1. The van der Waals surface area contributed by atoms with E-state index in [2.05, 4.69) is 5.32 Å². The van der Waals surface area contributed by atoms with E-state index in [9.17, 15) is 9.59 Å². The van der Waals surface area contributed by atoms with Crippen LogP contribution < -0.4 is 11.1 Å². The van der Waals surface area contributed by atoms with Gasteiger partial charge in [-0.3, -0.25) is 9.59 Å². The van der Waals surface area contributed by atoms with Gasteiger partial charge in [0, 0.05) is 31.2 Å². The molecule has 1 aromatic rings. The normalized spacial score (nSPS) is 16.0. The molecule has 24 heavy (non-hydrogen) atoms. The minimum atomic E-state index is -0.461. The Morgan fingerprint density at radius 2 is 1.75 bits per heavy atom. The molecule has 5 nitrogen and oxygen atoms in total. The average Bonchev–Trinajstić information content (AvgIpc) is 2.64. The highest BCUT2D eigenvalue weighted by Crippen LogP contribution is 2.26. The number of benzene rings is 1. The van der Waals surface area contributed by atoms with Gasteiger partial charge in [-0.15, -0.1) is 0 Å². The van der Waals surface area contributed by atoms with Crippen LogP contribution in [0, 0.1) is 5.41 Å². The fourth-order valence-electron chi connectivity index (χ4n) is 3.28. The molecule has 132 valence electrons. The Balaban J connectivity index is 1.89. The summed E-state index contributed by atoms with van der Waals surface area (Å²) in [6.07, 6.45) is 3.07. The molecular formula is C19H29N3O2. The number of piperidine rings is 1. The second-order valence-corrected chi connectivity index (χ2v) is 6.60. The van der Waals surface area contributed by atoms with Gasteiger partial charge in [-0.25, -0.2) is 0 Å². The lowest BCUT2D eigenvalue weighted by molar-refractivity contribution is -0.132. The molecule has 0 bridgehead atoms. The lowest BCUT2D eigenvalue weighted by atomic mass is 9.81. The monoisotopic (exact) mass is 331 g/mol. The fourth-order valence-corrected chi connectivity index (χ4v) is 3.28. The first kappa shape index (κ1) is 18.5. The van der Waals surface area contributed by atoms with Gasteiger partial charge in [-0.1, -0.05) is 32.0 Å². The van der Waals surface area contributed by atoms with Gasteiger partial charge in [0.1, 0.15) is 0 Å². The molecule has 0 spiro atoms. The minimum absolute atomic E-state index is 0.0582. The Kier molecular flexibility index (Phi) is 6.37. The number of hydrogen-bond acceptors (Lipinski definition) is 3. The number of carbonyl (C=O) groups is 2. The second kappa shape index (κ2) is 8.29. The third-order valence-corrected chi connectivity index (χ3v) is 5.36. The Morgan fingerprint density at radius 1 is 1.17 bits per heavy atom. The summed E-state index contributed by atoms with van der Waals surface area (Å²) >= 11 is 0. The van der Waals surface area contributed by atoms with E-state index in [1.54, 1.807) is 0 Å². The van der Waals surface area contributed by atoms with Crippen LogP contribution in [0.4, 0.5) is 0 Å². The van der Waals surface area contributed by atoms with Crippen LogP contribution in [-0.2, 0) is 4.79 Å². The van der Waals surface area contributed by atoms with Crippen LogP contribution in [0.25, 0.3) is 0 Å². The zero-order valence-corrected chi connectivity index (χ0v) is 14.8. The van der Waals surface area contributed by atoms with Crippen LogP contribution in [0.2, 0.25) is 0 Å². The number of hydrogen-bond donors (Lipinski definition) is 2. The van der Waals surface area contributed by atoms with Crippen LogP contribution in [0.5, 0.6) is 0 Å². The summed E-state index contributed by atoms with van der Waals surface area (Å²) in [5, 5.41) is 3.15. The molecule has 5 heteroatoms. The third kappa shape index (κ3) is 3.96. The molecular weight excluding hydrogens is 302 g/mol. The van der Waals surface area contributed by atoms with Crippen LogP contribution in [0.1, 0.15) is 49.9 Å². The van der Waals surface area contributed by atoms with Crippen LogP contribution in [0.15, 0.2) is 30.3 Å². The lowest BCUT2D eigenvalue weighted by Crippen LogP contribution is -2.52. The Hall–Kier alpha value is -1.88. The molecule has 3 N–H and O–H groups in total. The first-order chi connectivity index (χ1) is 11.6. The molecule has 0 aliphatic carbocycles. The van der Waals surface area contributed by atoms with Crippen molar-refractivity contribution in [2.75, 3.05) is 19.6 Å². The van der Waals surface area contributed by atoms with E-state index in [4.69, 9.17) is 5.73 Å². The van der Waals surface area contributed by atoms with Gasteiger partial charge in [0.15, 0.2) is 0 Å². The summed E-state index contributed by atoms with van der Waals surface area (Å²) in [5.74, 6) is 0.127. The van der Waals surface area contributed by atoms with Crippen molar-refractivity contribution < 1.29 is 9.59 Å². The predicted molar refractivity (Wildman–Crippen MR) is 95.6 cm³/mol. The third-order valence-electron chi connectivity index (χ3n) is 5.36. The predicted octanol–water partition coefficient (Wildman–Crippen LogP) is 2.17. The maximum absolute atomic E-state index is 12.6. The van der Waals surface area contributed by atoms with Crippen molar-refractivity contribution in [3.05, 3.63) is 35.9 Å². The van der Waals surface area contributed by atoms with E-state index in [1.165, 1.54) is 0 Å². The lowest BCUT2D eigenvalue weighted by Gasteiger charge is -2.35. The summed E-state index contributed by atoms with van der Waals surface area (Å²) in [6, 6.07) is 9.47. The van der Waals surface area contributed by atoms with Crippen molar-refractivity contribution in [3.63, 3.8) is 0 Å². The van der Waals surface area contributed by atoms with Gasteiger partial charge >= 0.3 is 0 Å². The SMILES string of the molecule is CCC(CC)(CN)C(=O)NC1CCN(C(=O)c2ccccc2)CC1. The number of nitrogens with two attached hydrogens (primary N) is 1. The van der Waals surface area contributed by atoms with Crippen molar-refractivity contribution >= 4 is 11.8 Å². The van der Waals surface area contributed by atoms with Crippen LogP contribution in [0.3, 0.4) is 0 Å². The fraction of sp³-hybridized carbons (Fsp3) is 0.579. The van der Waals surface area contributed by atoms with Crippen molar-refractivity contribution in [2.24, 2.45) is 11.1 Å². The van der Waals surface area contributed by atoms with E-state index >= 15 is 0 Å². The van der Waals surface area contributed by atoms with Gasteiger partial charge in [-0.2, -0.15) is 0 Å². The zero-order valence-electron chi connectivity index (χ0n) is 14.8. The number of nitrogens with one attached hydrogen (secondary N) is 1. The van der Waals surface area contributed by atoms with E-state index in [0.29, 0.717) is 19.6 Å². The molecule has 1 aromatic carbocycles. The molecule has 0 saturated carbocycles. The topological polar surface area (TPSA) is 75.4 Å². The van der Waals surface area contributed by atoms with E-state index in [1.807, 2.05) is 49.1 Å². The molecule has 2 amide bonds. The maximum Gasteiger partial charge on any atom is 0.253 e. The van der Waals surface area contributed by atoms with E-state index in [0.717, 1.165) is 31.2 Å². The highest BCUT2D eigenvalue weighted by Gasteiger charge is 2.35. The number of carbonyl (C=O) groups excluding carboxylic acids is 2. The first-order valence-electron chi connectivity index (χ1n) is 8.91. The van der Waals surface area contributed by atoms with Crippen LogP contribution in [-0.4, -0.2) is 42.4 Å². The van der Waals surface area contributed by atoms with Crippen molar-refractivity contribution in [1.82, 2.24) is 10.2 Å². The highest BCUT2D eigenvalue weighted by atomic mass is 16.2. The molecule has 0 radical (unpaired) electrons. The van der Waals surface area contributed by atoms with Crippen molar-refractivity contribution in [1.29, 1.82) is 0 Å². The van der Waals surface area contributed by atoms with E-state index < -0.39 is 5.41 Å². The summed E-state index contributed by atoms with van der Waals surface area (Å²) in [5.41, 5.74) is 6.11. The quantitative estimate of drug-likeness (QED) is 0.839. The maximum atomic E-state index is 12.6. The number of rotatable bonds is 6. The summed E-state index contributed by atoms with van der Waals surface area (Å²) in [4.78, 5) is 26.9. The van der Waals surface area contributed by atoms with Gasteiger partial charge < -0.3 is 16.0 Å². The number of amides is 2. The summed E-state index contributed by atoms with van der Waals surface area (Å²) in [7, 11) is 0. The molecule has 1 saturated heterocycles. The largest absolute Gasteiger partial charge is 0.353 e. The molecule has 1 fully saturated rings. The van der Waals surface area contributed by atoms with Crippen molar-refractivity contribution in [2.45, 2.75) is 45.6 Å². The average molecular weight is 331 g/mol. The molecule has 1 aliphatic rings. The number of nitrogens with zero attached hydrogens (tertiary/aromatic N) is 1. The standard InChI is InChI=1S/C19H29N3O2/c1-3-19(4-2,14-20)18(24)21-16-10-12-22(13-11-16)17(23)15-8-6-5-7-9-15/h5-9,16H,3-4,10-14,20H2,1-2H3,(H,21,24). The summed E-state index contributed by atoms with van der Waals surface area (Å²) < 4.78 is 0. The van der Waals surface area contributed by atoms with Gasteiger partial charge in [0.2, 0.25) is 5.91 Å². The molecule has 0 atom stereocenters. The van der Waals surface area contributed by atoms with Gasteiger partial charge in [0.05, 0.1) is 5.41 Å². The van der Waals surface area contributed by atoms with Gasteiger partial charge in [-0.05, 0) is 37.8 Å². The Bertz CT molecular complexity index is 539. The summed E-state index contributed by atoms with van der Waals surface area (Å²) in [6.45, 7) is 5.74. The zero-order chi connectivity index (χ0) is 17.6. The van der Waals surface area contributed by atoms with E-state index in [-0.39, 0.29) is 17.9 Å². The Labute approximate surface area is 144 Å². The molecule has 1 aliphatic heterocycles. The molecule has 2 rings (SSSR count). The van der Waals surface area contributed by atoms with Gasteiger partial charge in [0.25, 0.3) is 5.91 Å². The smallest absolute Gasteiger partial charge is 0.253 e. The van der Waals surface area contributed by atoms with Crippen LogP contribution >= 0.6 is 0 Å². The minimum Gasteiger partial charge on any atom is -0.353 e. The Morgan fingerprint density at radius 3 is 2.25 bits per heavy atom. The highest BCUT2D eigenvalue weighted by molar-refractivity contribution is 5.94. The second-order valence-electron chi connectivity index (χ2n) is 6.60. The molecule has 0 aromatic heterocycles. The van der Waals surface area contributed by atoms with Crippen molar-refractivity contribution in [3.8, 4) is 0 Å². The molecule has 1 heterocycles. The first-order valence-corrected chi connectivity index (χ1v) is 8.91.